The van der Waals surface area contributed by atoms with Crippen LogP contribution >= 0.6 is 0 Å². The van der Waals surface area contributed by atoms with Crippen LogP contribution < -0.4 is 15.8 Å². The molecule has 0 aliphatic carbocycles. The zero-order chi connectivity index (χ0) is 16.2. The minimum Gasteiger partial charge on any atom is -0.489 e. The number of hydrogen-bond donors (Lipinski definition) is 2. The molecule has 1 aromatic heterocycles. The molecule has 0 aliphatic heterocycles. The summed E-state index contributed by atoms with van der Waals surface area (Å²) in [4.78, 5) is 8.72. The standard InChI is InChI=1S/C18H20N4O/c1-12-5-3-6-14(9-12)22-18-17-15(20-11-21-18)7-4-8-16(17)23-13(2)10-19/h3-9,11,13H,10,19H2,1-2H3,(H,20,21,22)/t13-/m1/s1. The Bertz CT molecular complexity index is 814. The number of aryl methyl sites for hydroxylation is 1. The lowest BCUT2D eigenvalue weighted by atomic mass is 10.2. The second-order valence-electron chi connectivity index (χ2n) is 5.53. The van der Waals surface area contributed by atoms with E-state index in [1.165, 1.54) is 5.56 Å². The van der Waals surface area contributed by atoms with Gasteiger partial charge in [0.1, 0.15) is 24.0 Å². The van der Waals surface area contributed by atoms with Crippen molar-refractivity contribution < 1.29 is 4.74 Å². The van der Waals surface area contributed by atoms with Crippen molar-refractivity contribution in [1.29, 1.82) is 0 Å². The topological polar surface area (TPSA) is 73.1 Å². The van der Waals surface area contributed by atoms with Gasteiger partial charge < -0.3 is 15.8 Å². The van der Waals surface area contributed by atoms with Crippen molar-refractivity contribution in [2.45, 2.75) is 20.0 Å². The number of nitrogens with zero attached hydrogens (tertiary/aromatic N) is 2. The number of anilines is 2. The maximum absolute atomic E-state index is 5.93. The highest BCUT2D eigenvalue weighted by atomic mass is 16.5. The molecular weight excluding hydrogens is 288 g/mol. The van der Waals surface area contributed by atoms with Gasteiger partial charge >= 0.3 is 0 Å². The molecule has 3 rings (SSSR count). The maximum atomic E-state index is 5.93. The van der Waals surface area contributed by atoms with Gasteiger partial charge in [0.2, 0.25) is 0 Å². The molecule has 5 heteroatoms. The van der Waals surface area contributed by atoms with Crippen LogP contribution in [0.2, 0.25) is 0 Å². The van der Waals surface area contributed by atoms with Gasteiger partial charge in [-0.25, -0.2) is 9.97 Å². The zero-order valence-electron chi connectivity index (χ0n) is 13.3. The fraction of sp³-hybridized carbons (Fsp3) is 0.222. The summed E-state index contributed by atoms with van der Waals surface area (Å²) in [5.41, 5.74) is 8.66. The molecule has 3 N–H and O–H groups in total. The van der Waals surface area contributed by atoms with Crippen LogP contribution in [-0.2, 0) is 0 Å². The van der Waals surface area contributed by atoms with Crippen LogP contribution in [0.3, 0.4) is 0 Å². The second kappa shape index (κ2) is 6.62. The highest BCUT2D eigenvalue weighted by Crippen LogP contribution is 2.32. The van der Waals surface area contributed by atoms with E-state index in [1.807, 2.05) is 37.3 Å². The monoisotopic (exact) mass is 308 g/mol. The van der Waals surface area contributed by atoms with Gasteiger partial charge in [-0.2, -0.15) is 0 Å². The zero-order valence-corrected chi connectivity index (χ0v) is 13.3. The Labute approximate surface area is 135 Å². The van der Waals surface area contributed by atoms with E-state index in [-0.39, 0.29) is 6.10 Å². The van der Waals surface area contributed by atoms with Crippen molar-refractivity contribution in [1.82, 2.24) is 9.97 Å². The van der Waals surface area contributed by atoms with E-state index in [0.29, 0.717) is 6.54 Å². The van der Waals surface area contributed by atoms with E-state index in [1.54, 1.807) is 6.33 Å². The number of rotatable bonds is 5. The molecule has 0 aliphatic rings. The minimum atomic E-state index is -0.0763. The van der Waals surface area contributed by atoms with E-state index in [0.717, 1.165) is 28.2 Å². The Balaban J connectivity index is 2.05. The van der Waals surface area contributed by atoms with Gasteiger partial charge in [0.05, 0.1) is 10.9 Å². The number of nitrogens with one attached hydrogen (secondary N) is 1. The Kier molecular flexibility index (Phi) is 4.39. The molecule has 3 aromatic rings. The van der Waals surface area contributed by atoms with Gasteiger partial charge in [-0.1, -0.05) is 18.2 Å². The highest BCUT2D eigenvalue weighted by Gasteiger charge is 2.12. The fourth-order valence-corrected chi connectivity index (χ4v) is 2.40. The summed E-state index contributed by atoms with van der Waals surface area (Å²) in [6.07, 6.45) is 1.48. The summed E-state index contributed by atoms with van der Waals surface area (Å²) in [5, 5.41) is 4.22. The van der Waals surface area contributed by atoms with Gasteiger partial charge in [-0.15, -0.1) is 0 Å². The first-order valence-electron chi connectivity index (χ1n) is 7.61. The van der Waals surface area contributed by atoms with Crippen LogP contribution in [0.25, 0.3) is 10.9 Å². The van der Waals surface area contributed by atoms with Crippen molar-refractivity contribution in [2.75, 3.05) is 11.9 Å². The summed E-state index contributed by atoms with van der Waals surface area (Å²) in [5.74, 6) is 1.46. The number of fused-ring (bicyclic) bond motifs is 1. The van der Waals surface area contributed by atoms with Gasteiger partial charge in [-0.05, 0) is 43.7 Å². The summed E-state index contributed by atoms with van der Waals surface area (Å²) in [7, 11) is 0. The van der Waals surface area contributed by atoms with Crippen LogP contribution in [-0.4, -0.2) is 22.6 Å². The predicted molar refractivity (Wildman–Crippen MR) is 93.1 cm³/mol. The fourth-order valence-electron chi connectivity index (χ4n) is 2.40. The first kappa shape index (κ1) is 15.2. The van der Waals surface area contributed by atoms with E-state index in [4.69, 9.17) is 10.5 Å². The van der Waals surface area contributed by atoms with Crippen molar-refractivity contribution in [3.63, 3.8) is 0 Å². The van der Waals surface area contributed by atoms with E-state index in [2.05, 4.69) is 34.3 Å². The first-order chi connectivity index (χ1) is 11.2. The molecule has 5 nitrogen and oxygen atoms in total. The van der Waals surface area contributed by atoms with Gasteiger partial charge in [0.15, 0.2) is 0 Å². The molecular formula is C18H20N4O. The molecule has 1 heterocycles. The third-order valence-corrected chi connectivity index (χ3v) is 3.57. The van der Waals surface area contributed by atoms with E-state index >= 15 is 0 Å². The summed E-state index contributed by atoms with van der Waals surface area (Å²) < 4.78 is 5.93. The largest absolute Gasteiger partial charge is 0.489 e. The minimum absolute atomic E-state index is 0.0763. The smallest absolute Gasteiger partial charge is 0.145 e. The number of nitrogens with two attached hydrogens (primary N) is 1. The van der Waals surface area contributed by atoms with Crippen LogP contribution in [0.1, 0.15) is 12.5 Å². The molecule has 23 heavy (non-hydrogen) atoms. The quantitative estimate of drug-likeness (QED) is 0.755. The predicted octanol–water partition coefficient (Wildman–Crippen LogP) is 3.41. The Morgan fingerprint density at radius 1 is 1.17 bits per heavy atom. The van der Waals surface area contributed by atoms with Crippen LogP contribution in [0.4, 0.5) is 11.5 Å². The summed E-state index contributed by atoms with van der Waals surface area (Å²) in [6, 6.07) is 13.9. The molecule has 0 radical (unpaired) electrons. The SMILES string of the molecule is Cc1cccc(Nc2ncnc3cccc(O[C@H](C)CN)c23)c1. The lowest BCUT2D eigenvalue weighted by Gasteiger charge is -2.16. The summed E-state index contributed by atoms with van der Waals surface area (Å²) >= 11 is 0. The molecule has 0 amide bonds. The third-order valence-electron chi connectivity index (χ3n) is 3.57. The average Bonchev–Trinajstić information content (AvgIpc) is 2.55. The molecule has 2 aromatic carbocycles. The Morgan fingerprint density at radius 3 is 2.78 bits per heavy atom. The molecule has 0 fully saturated rings. The van der Waals surface area contributed by atoms with E-state index in [9.17, 15) is 0 Å². The molecule has 0 saturated heterocycles. The normalized spacial score (nSPS) is 12.1. The lowest BCUT2D eigenvalue weighted by Crippen LogP contribution is -2.23. The Morgan fingerprint density at radius 2 is 2.00 bits per heavy atom. The molecule has 1 atom stereocenters. The Hall–Kier alpha value is -2.66. The number of aromatic nitrogens is 2. The van der Waals surface area contributed by atoms with Crippen molar-refractivity contribution in [3.8, 4) is 5.75 Å². The van der Waals surface area contributed by atoms with Crippen LogP contribution in [0.15, 0.2) is 48.8 Å². The van der Waals surface area contributed by atoms with E-state index < -0.39 is 0 Å². The maximum Gasteiger partial charge on any atom is 0.145 e. The lowest BCUT2D eigenvalue weighted by molar-refractivity contribution is 0.233. The molecule has 0 bridgehead atoms. The first-order valence-corrected chi connectivity index (χ1v) is 7.61. The molecule has 0 unspecified atom stereocenters. The second-order valence-corrected chi connectivity index (χ2v) is 5.53. The molecule has 0 spiro atoms. The van der Waals surface area contributed by atoms with Crippen LogP contribution in [0, 0.1) is 6.92 Å². The van der Waals surface area contributed by atoms with Crippen molar-refractivity contribution in [2.24, 2.45) is 5.73 Å². The number of benzene rings is 2. The highest BCUT2D eigenvalue weighted by molar-refractivity contribution is 5.95. The molecule has 118 valence electrons. The average molecular weight is 308 g/mol. The van der Waals surface area contributed by atoms with Gasteiger partial charge in [0.25, 0.3) is 0 Å². The number of hydrogen-bond acceptors (Lipinski definition) is 5. The summed E-state index contributed by atoms with van der Waals surface area (Å²) in [6.45, 7) is 4.45. The number of ether oxygens (including phenoxy) is 1. The molecule has 0 saturated carbocycles. The van der Waals surface area contributed by atoms with Gasteiger partial charge in [-0.3, -0.25) is 0 Å². The third kappa shape index (κ3) is 3.40. The van der Waals surface area contributed by atoms with Crippen molar-refractivity contribution >= 4 is 22.4 Å². The van der Waals surface area contributed by atoms with Gasteiger partial charge in [0, 0.05) is 12.2 Å². The van der Waals surface area contributed by atoms with Crippen molar-refractivity contribution in [3.05, 3.63) is 54.4 Å². The van der Waals surface area contributed by atoms with Crippen LogP contribution in [0.5, 0.6) is 5.75 Å².